The number of hydrogen-bond donors (Lipinski definition) is 1. The van der Waals surface area contributed by atoms with Crippen LogP contribution in [0.25, 0.3) is 16.7 Å². The van der Waals surface area contributed by atoms with Crippen molar-refractivity contribution in [1.29, 1.82) is 5.41 Å². The Labute approximate surface area is 114 Å². The molecule has 0 aliphatic heterocycles. The number of benzene rings is 2. The fraction of sp³-hybridized carbons (Fsp3) is 0.0556. The van der Waals surface area contributed by atoms with E-state index in [1.165, 1.54) is 28.5 Å². The highest BCUT2D eigenvalue weighted by molar-refractivity contribution is 5.74. The first-order valence-corrected chi connectivity index (χ1v) is 6.31. The van der Waals surface area contributed by atoms with Crippen molar-refractivity contribution < 1.29 is 0 Å². The molecule has 1 nitrogen and oxygen atoms in total. The minimum absolute atomic E-state index is 1.19. The van der Waals surface area contributed by atoms with Gasteiger partial charge in [0.1, 0.15) is 0 Å². The van der Waals surface area contributed by atoms with E-state index < -0.39 is 0 Å². The van der Waals surface area contributed by atoms with Gasteiger partial charge in [-0.25, -0.2) is 0 Å². The Bertz CT molecular complexity index is 607. The van der Waals surface area contributed by atoms with Crippen LogP contribution in [0.4, 0.5) is 0 Å². The molecule has 0 fully saturated rings. The van der Waals surface area contributed by atoms with Crippen LogP contribution >= 0.6 is 0 Å². The Morgan fingerprint density at radius 3 is 2.37 bits per heavy atom. The smallest absolute Gasteiger partial charge is 0.0177 e. The molecular formula is C18H17N. The van der Waals surface area contributed by atoms with Gasteiger partial charge in [0.15, 0.2) is 0 Å². The van der Waals surface area contributed by atoms with Gasteiger partial charge in [0, 0.05) is 6.21 Å². The molecule has 0 saturated carbocycles. The zero-order valence-electron chi connectivity index (χ0n) is 11.0. The Hall–Kier alpha value is -2.41. The van der Waals surface area contributed by atoms with E-state index in [0.29, 0.717) is 0 Å². The minimum atomic E-state index is 1.19. The summed E-state index contributed by atoms with van der Waals surface area (Å²) < 4.78 is 0. The molecule has 0 atom stereocenters. The Kier molecular flexibility index (Phi) is 4.46. The van der Waals surface area contributed by atoms with Gasteiger partial charge < -0.3 is 5.41 Å². The average Bonchev–Trinajstić information content (AvgIpc) is 2.48. The largest absolute Gasteiger partial charge is 0.309 e. The van der Waals surface area contributed by atoms with Gasteiger partial charge in [-0.15, -0.1) is 0 Å². The zero-order chi connectivity index (χ0) is 13.5. The van der Waals surface area contributed by atoms with Gasteiger partial charge in [-0.3, -0.25) is 0 Å². The van der Waals surface area contributed by atoms with Crippen LogP contribution in [0.3, 0.4) is 0 Å². The van der Waals surface area contributed by atoms with Crippen LogP contribution in [0.1, 0.15) is 12.5 Å². The molecule has 1 heteroatoms. The molecule has 19 heavy (non-hydrogen) atoms. The third-order valence-electron chi connectivity index (χ3n) is 2.98. The van der Waals surface area contributed by atoms with Crippen LogP contribution in [0.2, 0.25) is 0 Å². The van der Waals surface area contributed by atoms with Crippen molar-refractivity contribution in [3.63, 3.8) is 0 Å². The maximum atomic E-state index is 6.96. The van der Waals surface area contributed by atoms with Crippen molar-refractivity contribution in [2.75, 3.05) is 0 Å². The normalized spacial score (nSPS) is 11.7. The molecule has 94 valence electrons. The van der Waals surface area contributed by atoms with E-state index in [4.69, 9.17) is 5.41 Å². The van der Waals surface area contributed by atoms with E-state index in [2.05, 4.69) is 55.5 Å². The van der Waals surface area contributed by atoms with Crippen LogP contribution in [0.15, 0.2) is 72.8 Å². The first-order valence-electron chi connectivity index (χ1n) is 6.31. The summed E-state index contributed by atoms with van der Waals surface area (Å²) in [6.07, 6.45) is 6.90. The maximum absolute atomic E-state index is 6.96. The van der Waals surface area contributed by atoms with Crippen molar-refractivity contribution in [2.24, 2.45) is 0 Å². The van der Waals surface area contributed by atoms with Gasteiger partial charge in [-0.05, 0) is 41.3 Å². The Morgan fingerprint density at radius 2 is 1.63 bits per heavy atom. The van der Waals surface area contributed by atoms with Crippen molar-refractivity contribution in [1.82, 2.24) is 0 Å². The maximum Gasteiger partial charge on any atom is 0.0177 e. The summed E-state index contributed by atoms with van der Waals surface area (Å²) in [5.74, 6) is 0. The lowest BCUT2D eigenvalue weighted by molar-refractivity contribution is 1.54. The second-order valence-corrected chi connectivity index (χ2v) is 4.35. The van der Waals surface area contributed by atoms with Crippen LogP contribution < -0.4 is 0 Å². The zero-order valence-corrected chi connectivity index (χ0v) is 11.0. The molecule has 0 heterocycles. The molecule has 2 aromatic rings. The first kappa shape index (κ1) is 13.0. The highest BCUT2D eigenvalue weighted by Crippen LogP contribution is 2.23. The summed E-state index contributed by atoms with van der Waals surface area (Å²) in [6, 6.07) is 18.9. The van der Waals surface area contributed by atoms with Crippen LogP contribution in [-0.4, -0.2) is 6.21 Å². The lowest BCUT2D eigenvalue weighted by atomic mass is 10.00. The lowest BCUT2D eigenvalue weighted by Gasteiger charge is -2.05. The molecule has 0 aliphatic carbocycles. The van der Waals surface area contributed by atoms with Gasteiger partial charge in [-0.1, -0.05) is 60.7 Å². The molecule has 2 rings (SSSR count). The second-order valence-electron chi connectivity index (χ2n) is 4.35. The summed E-state index contributed by atoms with van der Waals surface area (Å²) >= 11 is 0. The van der Waals surface area contributed by atoms with Gasteiger partial charge in [0.25, 0.3) is 0 Å². The second kappa shape index (κ2) is 6.50. The molecule has 0 radical (unpaired) electrons. The predicted octanol–water partition coefficient (Wildman–Crippen LogP) is 4.96. The molecule has 0 amide bonds. The fourth-order valence-corrected chi connectivity index (χ4v) is 1.93. The van der Waals surface area contributed by atoms with Crippen molar-refractivity contribution in [3.8, 4) is 11.1 Å². The fourth-order valence-electron chi connectivity index (χ4n) is 1.93. The molecule has 2 aromatic carbocycles. The third-order valence-corrected chi connectivity index (χ3v) is 2.98. The van der Waals surface area contributed by atoms with E-state index in [0.717, 1.165) is 0 Å². The molecule has 0 saturated heterocycles. The molecular weight excluding hydrogens is 230 g/mol. The van der Waals surface area contributed by atoms with Gasteiger partial charge >= 0.3 is 0 Å². The standard InChI is InChI=1S/C18H17N/c1-15(8-5-6-13-19)17-11-7-12-18(14-17)16-9-3-2-4-10-16/h2-14,19H,1H3/b6-5-,15-8+,19-13?. The SMILES string of the molecule is C/C(=C\C=C/C=N)c1cccc(-c2ccccc2)c1. The average molecular weight is 247 g/mol. The summed E-state index contributed by atoms with van der Waals surface area (Å²) in [7, 11) is 0. The van der Waals surface area contributed by atoms with E-state index in [1.54, 1.807) is 6.08 Å². The van der Waals surface area contributed by atoms with Crippen LogP contribution in [0.5, 0.6) is 0 Å². The van der Waals surface area contributed by atoms with Crippen molar-refractivity contribution in [3.05, 3.63) is 78.4 Å². The summed E-state index contributed by atoms with van der Waals surface area (Å²) in [5.41, 5.74) is 4.85. The van der Waals surface area contributed by atoms with Gasteiger partial charge in [0.05, 0.1) is 0 Å². The van der Waals surface area contributed by atoms with Crippen molar-refractivity contribution in [2.45, 2.75) is 6.92 Å². The number of rotatable bonds is 4. The highest BCUT2D eigenvalue weighted by atomic mass is 14.3. The van der Waals surface area contributed by atoms with E-state index in [9.17, 15) is 0 Å². The number of hydrogen-bond acceptors (Lipinski definition) is 1. The predicted molar refractivity (Wildman–Crippen MR) is 83.5 cm³/mol. The lowest BCUT2D eigenvalue weighted by Crippen LogP contribution is -1.82. The third kappa shape index (κ3) is 3.52. The van der Waals surface area contributed by atoms with Crippen LogP contribution in [0, 0.1) is 5.41 Å². The Morgan fingerprint density at radius 1 is 0.895 bits per heavy atom. The molecule has 0 aliphatic rings. The quantitative estimate of drug-likeness (QED) is 0.583. The first-order chi connectivity index (χ1) is 9.31. The summed E-state index contributed by atoms with van der Waals surface area (Å²) in [4.78, 5) is 0. The van der Waals surface area contributed by atoms with Gasteiger partial charge in [-0.2, -0.15) is 0 Å². The van der Waals surface area contributed by atoms with Crippen molar-refractivity contribution >= 4 is 11.8 Å². The highest BCUT2D eigenvalue weighted by Gasteiger charge is 1.99. The molecule has 0 spiro atoms. The minimum Gasteiger partial charge on any atom is -0.309 e. The Balaban J connectivity index is 2.32. The van der Waals surface area contributed by atoms with Gasteiger partial charge in [0.2, 0.25) is 0 Å². The van der Waals surface area contributed by atoms with E-state index in [1.807, 2.05) is 18.2 Å². The monoisotopic (exact) mass is 247 g/mol. The molecule has 1 N–H and O–H groups in total. The van der Waals surface area contributed by atoms with E-state index in [-0.39, 0.29) is 0 Å². The number of nitrogens with one attached hydrogen (secondary N) is 1. The topological polar surface area (TPSA) is 23.9 Å². The summed E-state index contributed by atoms with van der Waals surface area (Å²) in [5, 5.41) is 6.96. The molecule has 0 bridgehead atoms. The molecule has 0 unspecified atom stereocenters. The van der Waals surface area contributed by atoms with E-state index >= 15 is 0 Å². The summed E-state index contributed by atoms with van der Waals surface area (Å²) in [6.45, 7) is 2.08. The number of allylic oxidation sites excluding steroid dienone is 4. The molecule has 0 aromatic heterocycles. The van der Waals surface area contributed by atoms with Crippen LogP contribution in [-0.2, 0) is 0 Å².